The lowest BCUT2D eigenvalue weighted by molar-refractivity contribution is -0.677. The lowest BCUT2D eigenvalue weighted by atomic mass is 10.7. The molecule has 0 unspecified atom stereocenters. The first kappa shape index (κ1) is 8.52. The summed E-state index contributed by atoms with van der Waals surface area (Å²) in [6.07, 6.45) is 4.06. The van der Waals surface area contributed by atoms with E-state index in [4.69, 9.17) is 0 Å². The Morgan fingerprint density at radius 2 is 2.09 bits per heavy atom. The van der Waals surface area contributed by atoms with Crippen LogP contribution in [0.2, 0.25) is 19.6 Å². The smallest absolute Gasteiger partial charge is 0.248 e. The highest BCUT2D eigenvalue weighted by Crippen LogP contribution is 2.05. The summed E-state index contributed by atoms with van der Waals surface area (Å²) < 4.78 is 2.16. The van der Waals surface area contributed by atoms with Gasteiger partial charge in [-0.1, -0.05) is 19.6 Å². The predicted octanol–water partition coefficient (Wildman–Crippen LogP) is 1.26. The van der Waals surface area contributed by atoms with Crippen LogP contribution in [0.3, 0.4) is 0 Å². The molecule has 2 nitrogen and oxygen atoms in total. The summed E-state index contributed by atoms with van der Waals surface area (Å²) in [5.41, 5.74) is 0. The molecule has 0 saturated carbocycles. The van der Waals surface area contributed by atoms with E-state index >= 15 is 0 Å². The SMILES string of the molecule is C[n+]1cc[nH]c1C[Si](C)(C)C. The monoisotopic (exact) mass is 169 g/mol. The van der Waals surface area contributed by atoms with Crippen LogP contribution in [0.25, 0.3) is 0 Å². The maximum absolute atomic E-state index is 3.26. The van der Waals surface area contributed by atoms with Gasteiger partial charge in [0.05, 0.1) is 15.1 Å². The zero-order valence-electron chi connectivity index (χ0n) is 7.81. The van der Waals surface area contributed by atoms with Crippen molar-refractivity contribution in [2.24, 2.45) is 7.05 Å². The topological polar surface area (TPSA) is 19.7 Å². The second-order valence-corrected chi connectivity index (χ2v) is 9.73. The molecule has 0 atom stereocenters. The minimum Gasteiger partial charge on any atom is -0.248 e. The van der Waals surface area contributed by atoms with Crippen molar-refractivity contribution in [3.05, 3.63) is 18.2 Å². The number of rotatable bonds is 2. The molecule has 0 aliphatic rings. The first-order valence-electron chi connectivity index (χ1n) is 4.01. The van der Waals surface area contributed by atoms with E-state index < -0.39 is 8.07 Å². The quantitative estimate of drug-likeness (QED) is 0.508. The van der Waals surface area contributed by atoms with Gasteiger partial charge in [0, 0.05) is 6.04 Å². The minimum atomic E-state index is -0.945. The fourth-order valence-electron chi connectivity index (χ4n) is 1.12. The van der Waals surface area contributed by atoms with Crippen molar-refractivity contribution >= 4 is 8.07 Å². The third-order valence-corrected chi connectivity index (χ3v) is 3.07. The summed E-state index contributed by atoms with van der Waals surface area (Å²) in [6.45, 7) is 7.15. The van der Waals surface area contributed by atoms with Crippen molar-refractivity contribution in [1.82, 2.24) is 4.98 Å². The Labute approximate surface area is 69.3 Å². The standard InChI is InChI=1S/C8H16N2Si/c1-10-6-5-9-8(10)7-11(2,3)4/h5-6H,7H2,1-4H3/p+1. The summed E-state index contributed by atoms with van der Waals surface area (Å²) in [6, 6.07) is 1.23. The van der Waals surface area contributed by atoms with Crippen molar-refractivity contribution in [3.63, 3.8) is 0 Å². The lowest BCUT2D eigenvalue weighted by Crippen LogP contribution is -2.36. The van der Waals surface area contributed by atoms with Crippen LogP contribution in [0.4, 0.5) is 0 Å². The largest absolute Gasteiger partial charge is 0.251 e. The highest BCUT2D eigenvalue weighted by Gasteiger charge is 2.19. The zero-order valence-corrected chi connectivity index (χ0v) is 8.81. The van der Waals surface area contributed by atoms with Crippen molar-refractivity contribution < 1.29 is 4.57 Å². The molecule has 0 saturated heterocycles. The fourth-order valence-corrected chi connectivity index (χ4v) is 2.47. The van der Waals surface area contributed by atoms with Crippen LogP contribution in [-0.2, 0) is 13.1 Å². The molecule has 62 valence electrons. The molecule has 1 aromatic heterocycles. The summed E-state index contributed by atoms with van der Waals surface area (Å²) in [5, 5.41) is 0. The molecule has 0 aliphatic heterocycles. The maximum Gasteiger partial charge on any atom is 0.251 e. The van der Waals surface area contributed by atoms with E-state index in [1.807, 2.05) is 6.20 Å². The second-order valence-electron chi connectivity index (χ2n) is 4.26. The van der Waals surface area contributed by atoms with E-state index in [0.29, 0.717) is 0 Å². The molecule has 11 heavy (non-hydrogen) atoms. The molecule has 0 aromatic carbocycles. The van der Waals surface area contributed by atoms with E-state index in [9.17, 15) is 0 Å². The van der Waals surface area contributed by atoms with Crippen molar-refractivity contribution in [1.29, 1.82) is 0 Å². The van der Waals surface area contributed by atoms with Crippen molar-refractivity contribution in [3.8, 4) is 0 Å². The highest BCUT2D eigenvalue weighted by molar-refractivity contribution is 6.75. The van der Waals surface area contributed by atoms with E-state index in [1.54, 1.807) is 0 Å². The van der Waals surface area contributed by atoms with Crippen molar-refractivity contribution in [2.45, 2.75) is 25.7 Å². The average molecular weight is 169 g/mol. The second kappa shape index (κ2) is 2.81. The molecule has 0 fully saturated rings. The van der Waals surface area contributed by atoms with Crippen LogP contribution in [0.5, 0.6) is 0 Å². The Morgan fingerprint density at radius 1 is 1.45 bits per heavy atom. The van der Waals surface area contributed by atoms with Gasteiger partial charge in [0.25, 0.3) is 5.82 Å². The third kappa shape index (κ3) is 2.50. The van der Waals surface area contributed by atoms with Crippen LogP contribution in [0.15, 0.2) is 12.4 Å². The van der Waals surface area contributed by atoms with E-state index in [-0.39, 0.29) is 0 Å². The number of hydrogen-bond donors (Lipinski definition) is 1. The first-order valence-corrected chi connectivity index (χ1v) is 7.72. The summed E-state index contributed by atoms with van der Waals surface area (Å²) in [7, 11) is 1.14. The molecule has 1 aromatic rings. The van der Waals surface area contributed by atoms with Crippen LogP contribution < -0.4 is 4.57 Å². The Balaban J connectivity index is 2.72. The molecule has 3 heteroatoms. The van der Waals surface area contributed by atoms with Gasteiger partial charge in [0.1, 0.15) is 12.4 Å². The molecule has 1 N–H and O–H groups in total. The number of aromatic nitrogens is 2. The molecule has 0 amide bonds. The van der Waals surface area contributed by atoms with Gasteiger partial charge in [-0.25, -0.2) is 9.55 Å². The van der Waals surface area contributed by atoms with Gasteiger partial charge in [-0.2, -0.15) is 0 Å². The number of nitrogens with zero attached hydrogens (tertiary/aromatic N) is 1. The summed E-state index contributed by atoms with van der Waals surface area (Å²) >= 11 is 0. The molecule has 0 bridgehead atoms. The Hall–Kier alpha value is -0.573. The van der Waals surface area contributed by atoms with E-state index in [1.165, 1.54) is 11.9 Å². The number of aryl methyl sites for hydroxylation is 1. The Bertz CT molecular complexity index is 234. The zero-order chi connectivity index (χ0) is 8.48. The van der Waals surface area contributed by atoms with Crippen LogP contribution >= 0.6 is 0 Å². The van der Waals surface area contributed by atoms with Gasteiger partial charge in [0.15, 0.2) is 0 Å². The van der Waals surface area contributed by atoms with Crippen LogP contribution in [0.1, 0.15) is 5.82 Å². The number of aromatic amines is 1. The predicted molar refractivity (Wildman–Crippen MR) is 49.0 cm³/mol. The molecule has 1 heterocycles. The minimum absolute atomic E-state index is 0.945. The van der Waals surface area contributed by atoms with E-state index in [0.717, 1.165) is 0 Å². The molecular weight excluding hydrogens is 152 g/mol. The highest BCUT2D eigenvalue weighted by atomic mass is 28.3. The molecule has 0 radical (unpaired) electrons. The van der Waals surface area contributed by atoms with Crippen LogP contribution in [-0.4, -0.2) is 13.1 Å². The number of imidazole rings is 1. The summed E-state index contributed by atoms with van der Waals surface area (Å²) in [5.74, 6) is 1.35. The fraction of sp³-hybridized carbons (Fsp3) is 0.625. The Kier molecular flexibility index (Phi) is 2.18. The number of hydrogen-bond acceptors (Lipinski definition) is 0. The average Bonchev–Trinajstić information content (AvgIpc) is 2.12. The number of nitrogens with one attached hydrogen (secondary N) is 1. The molecule has 0 aliphatic carbocycles. The van der Waals surface area contributed by atoms with Crippen LogP contribution in [0, 0.1) is 0 Å². The summed E-state index contributed by atoms with van der Waals surface area (Å²) in [4.78, 5) is 3.26. The Morgan fingerprint density at radius 3 is 2.45 bits per heavy atom. The molecular formula is C8H17N2Si+. The van der Waals surface area contributed by atoms with Gasteiger partial charge >= 0.3 is 0 Å². The van der Waals surface area contributed by atoms with Gasteiger partial charge < -0.3 is 0 Å². The maximum atomic E-state index is 3.26. The lowest BCUT2D eigenvalue weighted by Gasteiger charge is -2.11. The molecule has 1 rings (SSSR count). The molecule has 0 spiro atoms. The number of H-pyrrole nitrogens is 1. The van der Waals surface area contributed by atoms with Gasteiger partial charge in [-0.15, -0.1) is 0 Å². The first-order chi connectivity index (χ1) is 4.99. The van der Waals surface area contributed by atoms with Crippen molar-refractivity contribution in [2.75, 3.05) is 0 Å². The third-order valence-electron chi connectivity index (χ3n) is 1.67. The van der Waals surface area contributed by atoms with E-state index in [2.05, 4.69) is 42.4 Å². The van der Waals surface area contributed by atoms with Gasteiger partial charge in [-0.05, 0) is 0 Å². The normalized spacial score (nSPS) is 12.0. The van der Waals surface area contributed by atoms with Gasteiger partial charge in [0.2, 0.25) is 0 Å². The van der Waals surface area contributed by atoms with Gasteiger partial charge in [-0.3, -0.25) is 0 Å².